The topological polar surface area (TPSA) is 98.7 Å². The molecule has 3 rings (SSSR count). The second-order valence-corrected chi connectivity index (χ2v) is 7.88. The summed E-state index contributed by atoms with van der Waals surface area (Å²) < 4.78 is 1.82. The lowest BCUT2D eigenvalue weighted by Crippen LogP contribution is -2.28. The maximum Gasteiger partial charge on any atom is 0.273 e. The Morgan fingerprint density at radius 2 is 2.16 bits per heavy atom. The van der Waals surface area contributed by atoms with Gasteiger partial charge in [0.25, 0.3) is 5.91 Å². The number of amides is 1. The molecule has 0 aromatic carbocycles. The molecule has 0 atom stereocenters. The minimum absolute atomic E-state index is 0.182. The van der Waals surface area contributed by atoms with Crippen LogP contribution in [0.1, 0.15) is 72.7 Å². The number of nitrogens with zero attached hydrogens (tertiary/aromatic N) is 4. The van der Waals surface area contributed by atoms with Crippen LogP contribution >= 0.6 is 11.3 Å². The lowest BCUT2D eigenvalue weighted by molar-refractivity contribution is 0.0949. The largest absolute Gasteiger partial charge is 0.350 e. The molecule has 8 heteroatoms. The van der Waals surface area contributed by atoms with Crippen LogP contribution in [0.3, 0.4) is 0 Å². The van der Waals surface area contributed by atoms with E-state index >= 15 is 0 Å². The van der Waals surface area contributed by atoms with Crippen molar-refractivity contribution < 1.29 is 4.79 Å². The molecule has 0 bridgehead atoms. The molecule has 136 valence electrons. The number of nitrogens with one attached hydrogen (secondary N) is 1. The minimum Gasteiger partial charge on any atom is -0.350 e. The first kappa shape index (κ1) is 18.0. The molecule has 0 radical (unpaired) electrons. The van der Waals surface area contributed by atoms with Crippen molar-refractivity contribution in [3.8, 4) is 0 Å². The van der Waals surface area contributed by atoms with Crippen molar-refractivity contribution in [2.75, 3.05) is 6.54 Å². The number of carbonyl (C=O) groups is 1. The van der Waals surface area contributed by atoms with Crippen LogP contribution in [0.15, 0.2) is 11.6 Å². The fraction of sp³-hybridized carbons (Fsp3) is 0.647. The summed E-state index contributed by atoms with van der Waals surface area (Å²) in [6, 6.07) is 0.600. The number of nitrogens with two attached hydrogens (primary N) is 1. The quantitative estimate of drug-likeness (QED) is 0.821. The molecule has 3 N–H and O–H groups in total. The highest BCUT2D eigenvalue weighted by Crippen LogP contribution is 2.26. The van der Waals surface area contributed by atoms with Gasteiger partial charge in [-0.3, -0.25) is 4.79 Å². The first-order chi connectivity index (χ1) is 12.0. The summed E-state index contributed by atoms with van der Waals surface area (Å²) in [6.07, 6.45) is 6.46. The summed E-state index contributed by atoms with van der Waals surface area (Å²) in [7, 11) is 0. The van der Waals surface area contributed by atoms with E-state index in [2.05, 4.69) is 39.8 Å². The van der Waals surface area contributed by atoms with Gasteiger partial charge >= 0.3 is 0 Å². The Balaban J connectivity index is 1.48. The average Bonchev–Trinajstić information content (AvgIpc) is 3.25. The molecule has 0 unspecified atom stereocenters. The number of hydrogen-bond donors (Lipinski definition) is 2. The van der Waals surface area contributed by atoms with Gasteiger partial charge in [0.1, 0.15) is 0 Å². The van der Waals surface area contributed by atoms with E-state index in [0.717, 1.165) is 42.8 Å². The molecule has 7 nitrogen and oxygen atoms in total. The van der Waals surface area contributed by atoms with Crippen molar-refractivity contribution in [2.45, 2.75) is 64.0 Å². The lowest BCUT2D eigenvalue weighted by Gasteiger charge is -2.25. The lowest BCUT2D eigenvalue weighted by atomic mass is 9.92. The molecule has 0 spiro atoms. The van der Waals surface area contributed by atoms with E-state index in [1.807, 2.05) is 4.68 Å². The van der Waals surface area contributed by atoms with Crippen LogP contribution < -0.4 is 11.1 Å². The summed E-state index contributed by atoms with van der Waals surface area (Å²) in [5, 5.41) is 14.2. The third-order valence-corrected chi connectivity index (χ3v) is 5.78. The van der Waals surface area contributed by atoms with Gasteiger partial charge < -0.3 is 11.1 Å². The fourth-order valence-corrected chi connectivity index (χ4v) is 3.89. The summed E-state index contributed by atoms with van der Waals surface area (Å²) in [4.78, 5) is 16.8. The van der Waals surface area contributed by atoms with Gasteiger partial charge in [-0.25, -0.2) is 9.67 Å². The van der Waals surface area contributed by atoms with Crippen molar-refractivity contribution in [3.05, 3.63) is 28.0 Å². The summed E-state index contributed by atoms with van der Waals surface area (Å²) in [6.45, 7) is 4.81. The van der Waals surface area contributed by atoms with Gasteiger partial charge in [-0.05, 0) is 25.7 Å². The standard InChI is InChI=1S/C17H26N6OS/c1-11(2)17-20-13(10-25-17)7-8-19-16(24)15-9-23(22-21-15)14-5-3-12(18)4-6-14/h9-12,14H,3-8,18H2,1-2H3,(H,19,24). The zero-order chi connectivity index (χ0) is 17.8. The second-order valence-electron chi connectivity index (χ2n) is 6.99. The summed E-state index contributed by atoms with van der Waals surface area (Å²) in [5.41, 5.74) is 7.33. The molecule has 1 saturated carbocycles. The molecule has 2 heterocycles. The van der Waals surface area contributed by atoms with Crippen molar-refractivity contribution >= 4 is 17.2 Å². The van der Waals surface area contributed by atoms with E-state index in [-0.39, 0.29) is 5.91 Å². The molecular formula is C17H26N6OS. The number of carbonyl (C=O) groups excluding carboxylic acids is 1. The van der Waals surface area contributed by atoms with Crippen LogP contribution in [0.4, 0.5) is 0 Å². The van der Waals surface area contributed by atoms with E-state index in [9.17, 15) is 4.79 Å². The van der Waals surface area contributed by atoms with Crippen molar-refractivity contribution in [1.82, 2.24) is 25.3 Å². The van der Waals surface area contributed by atoms with Crippen LogP contribution in [-0.4, -0.2) is 38.5 Å². The van der Waals surface area contributed by atoms with Crippen LogP contribution in [0.25, 0.3) is 0 Å². The van der Waals surface area contributed by atoms with E-state index < -0.39 is 0 Å². The minimum atomic E-state index is -0.182. The van der Waals surface area contributed by atoms with Gasteiger partial charge in [-0.2, -0.15) is 0 Å². The Kier molecular flexibility index (Phi) is 5.80. The number of hydrogen-bond acceptors (Lipinski definition) is 6. The van der Waals surface area contributed by atoms with Crippen molar-refractivity contribution in [3.63, 3.8) is 0 Å². The second kappa shape index (κ2) is 8.05. The molecule has 2 aromatic rings. The van der Waals surface area contributed by atoms with E-state index in [1.54, 1.807) is 17.5 Å². The molecule has 25 heavy (non-hydrogen) atoms. The van der Waals surface area contributed by atoms with Crippen molar-refractivity contribution in [2.24, 2.45) is 5.73 Å². The van der Waals surface area contributed by atoms with Gasteiger partial charge in [0, 0.05) is 30.3 Å². The number of aromatic nitrogens is 4. The van der Waals surface area contributed by atoms with Crippen molar-refractivity contribution in [1.29, 1.82) is 0 Å². The molecule has 1 aliphatic rings. The Morgan fingerprint density at radius 3 is 2.84 bits per heavy atom. The smallest absolute Gasteiger partial charge is 0.273 e. The highest BCUT2D eigenvalue weighted by atomic mass is 32.1. The third-order valence-electron chi connectivity index (χ3n) is 4.59. The average molecular weight is 363 g/mol. The maximum absolute atomic E-state index is 12.2. The SMILES string of the molecule is CC(C)c1nc(CCNC(=O)c2cn(C3CCC(N)CC3)nn2)cs1. The highest BCUT2D eigenvalue weighted by Gasteiger charge is 2.22. The molecule has 0 saturated heterocycles. The van der Waals surface area contributed by atoms with Crippen LogP contribution in [0, 0.1) is 0 Å². The van der Waals surface area contributed by atoms with Gasteiger partial charge in [0.2, 0.25) is 0 Å². The van der Waals surface area contributed by atoms with E-state index in [4.69, 9.17) is 5.73 Å². The molecule has 1 amide bonds. The predicted molar refractivity (Wildman–Crippen MR) is 97.7 cm³/mol. The fourth-order valence-electron chi connectivity index (χ4n) is 3.02. The highest BCUT2D eigenvalue weighted by molar-refractivity contribution is 7.09. The van der Waals surface area contributed by atoms with Gasteiger partial charge in [-0.1, -0.05) is 19.1 Å². The zero-order valence-electron chi connectivity index (χ0n) is 14.8. The number of rotatable bonds is 6. The van der Waals surface area contributed by atoms with Gasteiger partial charge in [0.05, 0.1) is 22.9 Å². The molecule has 2 aromatic heterocycles. The normalized spacial score (nSPS) is 20.8. The van der Waals surface area contributed by atoms with Gasteiger partial charge in [0.15, 0.2) is 5.69 Å². The first-order valence-electron chi connectivity index (χ1n) is 8.93. The monoisotopic (exact) mass is 362 g/mol. The van der Waals surface area contributed by atoms with Crippen LogP contribution in [0.5, 0.6) is 0 Å². The number of thiazole rings is 1. The van der Waals surface area contributed by atoms with E-state index in [1.165, 1.54) is 0 Å². The van der Waals surface area contributed by atoms with E-state index in [0.29, 0.717) is 30.2 Å². The summed E-state index contributed by atoms with van der Waals surface area (Å²) in [5.74, 6) is 0.260. The van der Waals surface area contributed by atoms with Crippen LogP contribution in [0.2, 0.25) is 0 Å². The van der Waals surface area contributed by atoms with Gasteiger partial charge in [-0.15, -0.1) is 16.4 Å². The zero-order valence-corrected chi connectivity index (χ0v) is 15.6. The predicted octanol–water partition coefficient (Wildman–Crippen LogP) is 2.27. The summed E-state index contributed by atoms with van der Waals surface area (Å²) >= 11 is 1.67. The first-order valence-corrected chi connectivity index (χ1v) is 9.80. The molecule has 1 fully saturated rings. The maximum atomic E-state index is 12.2. The Morgan fingerprint density at radius 1 is 1.40 bits per heavy atom. The molecular weight excluding hydrogens is 336 g/mol. The Bertz CT molecular complexity index is 702. The molecule has 0 aliphatic heterocycles. The van der Waals surface area contributed by atoms with Crippen LogP contribution in [-0.2, 0) is 6.42 Å². The third kappa shape index (κ3) is 4.64. The molecule has 1 aliphatic carbocycles. The Hall–Kier alpha value is -1.80. The Labute approximate surface area is 152 Å².